The van der Waals surface area contributed by atoms with Gasteiger partial charge in [-0.1, -0.05) is 30.3 Å². The van der Waals surface area contributed by atoms with Crippen molar-refractivity contribution >= 4 is 18.0 Å². The molecule has 2 N–H and O–H groups in total. The van der Waals surface area contributed by atoms with Gasteiger partial charge in [-0.2, -0.15) is 0 Å². The maximum Gasteiger partial charge on any atom is 0.338 e. The van der Waals surface area contributed by atoms with Crippen molar-refractivity contribution in [2.75, 3.05) is 46.4 Å². The van der Waals surface area contributed by atoms with E-state index < -0.39 is 12.0 Å². The van der Waals surface area contributed by atoms with Gasteiger partial charge >= 0.3 is 18.0 Å². The van der Waals surface area contributed by atoms with Crippen LogP contribution in [0.5, 0.6) is 0 Å². The number of nitrogens with zero attached hydrogens (tertiary/aromatic N) is 3. The summed E-state index contributed by atoms with van der Waals surface area (Å²) in [7, 11) is 1.66. The van der Waals surface area contributed by atoms with Crippen LogP contribution in [0.3, 0.4) is 0 Å². The first kappa shape index (κ1) is 24.6. The summed E-state index contributed by atoms with van der Waals surface area (Å²) in [5.41, 5.74) is 1.60. The van der Waals surface area contributed by atoms with E-state index >= 15 is 0 Å². The highest BCUT2D eigenvalue weighted by atomic mass is 16.5. The number of nitrogens with one attached hydrogen (secondary N) is 2. The summed E-state index contributed by atoms with van der Waals surface area (Å²) in [6.07, 6.45) is 0. The molecule has 180 valence electrons. The van der Waals surface area contributed by atoms with E-state index in [4.69, 9.17) is 4.74 Å². The fourth-order valence-corrected chi connectivity index (χ4v) is 4.01. The summed E-state index contributed by atoms with van der Waals surface area (Å²) in [4.78, 5) is 43.7. The highest BCUT2D eigenvalue weighted by molar-refractivity contribution is 5.95. The molecular formula is C24H35N5O4. The Morgan fingerprint density at radius 1 is 1.12 bits per heavy atom. The van der Waals surface area contributed by atoms with Crippen molar-refractivity contribution in [2.45, 2.75) is 39.3 Å². The molecule has 3 rings (SSSR count). The molecule has 4 amide bonds. The number of carbonyl (C=O) groups is 3. The fourth-order valence-electron chi connectivity index (χ4n) is 4.01. The number of likely N-dealkylation sites (N-methyl/N-ethyl adjacent to an activating group) is 1. The average molecular weight is 458 g/mol. The molecule has 2 heterocycles. The normalized spacial score (nSPS) is 19.9. The highest BCUT2D eigenvalue weighted by Gasteiger charge is 2.37. The molecule has 2 aliphatic heterocycles. The minimum atomic E-state index is -0.581. The topological polar surface area (TPSA) is 94.2 Å². The molecule has 1 atom stereocenters. The van der Waals surface area contributed by atoms with Crippen molar-refractivity contribution in [3.05, 3.63) is 47.2 Å². The summed E-state index contributed by atoms with van der Waals surface area (Å²) in [5.74, 6) is -0.434. The molecule has 0 aromatic heterocycles. The molecule has 2 aliphatic rings. The zero-order valence-electron chi connectivity index (χ0n) is 20.2. The Labute approximate surface area is 195 Å². The number of esters is 1. The first-order valence-electron chi connectivity index (χ1n) is 11.4. The van der Waals surface area contributed by atoms with E-state index in [2.05, 4.69) is 15.5 Å². The minimum Gasteiger partial charge on any atom is -0.463 e. The lowest BCUT2D eigenvalue weighted by Gasteiger charge is -2.40. The van der Waals surface area contributed by atoms with Gasteiger partial charge in [0.25, 0.3) is 0 Å². The number of hydrogen-bond donors (Lipinski definition) is 2. The van der Waals surface area contributed by atoms with E-state index in [-0.39, 0.29) is 24.2 Å². The van der Waals surface area contributed by atoms with Crippen LogP contribution in [0, 0.1) is 0 Å². The van der Waals surface area contributed by atoms with E-state index in [1.165, 1.54) is 4.90 Å². The summed E-state index contributed by atoms with van der Waals surface area (Å²) in [5, 5.41) is 5.93. The molecule has 9 nitrogen and oxygen atoms in total. The molecule has 9 heteroatoms. The maximum absolute atomic E-state index is 13.0. The number of amides is 4. The van der Waals surface area contributed by atoms with Crippen molar-refractivity contribution in [3.8, 4) is 0 Å². The van der Waals surface area contributed by atoms with E-state index in [0.717, 1.165) is 5.56 Å². The quantitative estimate of drug-likeness (QED) is 0.662. The molecule has 1 saturated heterocycles. The summed E-state index contributed by atoms with van der Waals surface area (Å²) >= 11 is 0. The fraction of sp³-hybridized carbons (Fsp3) is 0.542. The average Bonchev–Trinajstić information content (AvgIpc) is 2.76. The standard InChI is InChI=1S/C24H35N5O4/c1-6-33-21(30)19-18(27(5)22(31)25-20(19)17-10-8-7-9-11-17)16-28-12-14-29(15-13-28)23(32)26-24(2,3)4/h7-11,20H,6,12-16H2,1-5H3,(H,25,31)(H,26,32)/t20-/m0/s1. The lowest BCUT2D eigenvalue weighted by atomic mass is 9.94. The summed E-state index contributed by atoms with van der Waals surface area (Å²) in [6.45, 7) is 10.7. The third-order valence-corrected chi connectivity index (χ3v) is 5.72. The van der Waals surface area contributed by atoms with Crippen LogP contribution >= 0.6 is 0 Å². The molecule has 0 spiro atoms. The van der Waals surface area contributed by atoms with Crippen molar-refractivity contribution in [1.82, 2.24) is 25.3 Å². The number of carbonyl (C=O) groups excluding carboxylic acids is 3. The Morgan fingerprint density at radius 2 is 1.76 bits per heavy atom. The number of piperazine rings is 1. The second-order valence-corrected chi connectivity index (χ2v) is 9.38. The van der Waals surface area contributed by atoms with Crippen LogP contribution in [0.25, 0.3) is 0 Å². The van der Waals surface area contributed by atoms with Gasteiger partial charge in [-0.05, 0) is 33.3 Å². The third-order valence-electron chi connectivity index (χ3n) is 5.72. The monoisotopic (exact) mass is 457 g/mol. The summed E-state index contributed by atoms with van der Waals surface area (Å²) < 4.78 is 5.38. The number of urea groups is 2. The smallest absolute Gasteiger partial charge is 0.338 e. The Kier molecular flexibility index (Phi) is 7.63. The number of ether oxygens (including phenoxy) is 1. The molecule has 0 aliphatic carbocycles. The predicted molar refractivity (Wildman–Crippen MR) is 125 cm³/mol. The minimum absolute atomic E-state index is 0.0770. The van der Waals surface area contributed by atoms with Crippen LogP contribution in [0.4, 0.5) is 9.59 Å². The molecule has 0 bridgehead atoms. The molecule has 1 aromatic rings. The molecule has 33 heavy (non-hydrogen) atoms. The van der Waals surface area contributed by atoms with Gasteiger partial charge in [-0.25, -0.2) is 14.4 Å². The molecular weight excluding hydrogens is 422 g/mol. The van der Waals surface area contributed by atoms with E-state index in [0.29, 0.717) is 44.0 Å². The van der Waals surface area contributed by atoms with Crippen LogP contribution in [0.15, 0.2) is 41.6 Å². The van der Waals surface area contributed by atoms with Gasteiger partial charge in [0.2, 0.25) is 0 Å². The van der Waals surface area contributed by atoms with Crippen molar-refractivity contribution in [2.24, 2.45) is 0 Å². The second kappa shape index (κ2) is 10.2. The van der Waals surface area contributed by atoms with Gasteiger partial charge in [-0.3, -0.25) is 9.80 Å². The largest absolute Gasteiger partial charge is 0.463 e. The van der Waals surface area contributed by atoms with E-state index in [1.54, 1.807) is 18.9 Å². The van der Waals surface area contributed by atoms with Gasteiger partial charge in [0.1, 0.15) is 0 Å². The van der Waals surface area contributed by atoms with Crippen LogP contribution in [0.2, 0.25) is 0 Å². The van der Waals surface area contributed by atoms with Gasteiger partial charge in [0, 0.05) is 51.0 Å². The zero-order chi connectivity index (χ0) is 24.2. The molecule has 0 saturated carbocycles. The van der Waals surface area contributed by atoms with Gasteiger partial charge in [-0.15, -0.1) is 0 Å². The van der Waals surface area contributed by atoms with Crippen molar-refractivity contribution < 1.29 is 19.1 Å². The van der Waals surface area contributed by atoms with Crippen LogP contribution in [-0.2, 0) is 9.53 Å². The lowest BCUT2D eigenvalue weighted by Crippen LogP contribution is -2.56. The molecule has 1 aromatic carbocycles. The van der Waals surface area contributed by atoms with E-state index in [9.17, 15) is 14.4 Å². The lowest BCUT2D eigenvalue weighted by molar-refractivity contribution is -0.139. The van der Waals surface area contributed by atoms with Crippen LogP contribution in [-0.4, -0.2) is 84.6 Å². The Morgan fingerprint density at radius 3 is 2.33 bits per heavy atom. The predicted octanol–water partition coefficient (Wildman–Crippen LogP) is 2.33. The number of rotatable bonds is 5. The van der Waals surface area contributed by atoms with Crippen molar-refractivity contribution in [1.29, 1.82) is 0 Å². The third kappa shape index (κ3) is 6.04. The maximum atomic E-state index is 13.0. The highest BCUT2D eigenvalue weighted by Crippen LogP contribution is 2.31. The second-order valence-electron chi connectivity index (χ2n) is 9.38. The first-order chi connectivity index (χ1) is 15.6. The van der Waals surface area contributed by atoms with Crippen LogP contribution < -0.4 is 10.6 Å². The zero-order valence-corrected chi connectivity index (χ0v) is 20.2. The molecule has 0 radical (unpaired) electrons. The molecule has 1 fully saturated rings. The van der Waals surface area contributed by atoms with Gasteiger partial charge in [0.05, 0.1) is 18.2 Å². The first-order valence-corrected chi connectivity index (χ1v) is 11.4. The van der Waals surface area contributed by atoms with E-state index in [1.807, 2.05) is 51.1 Å². The SMILES string of the molecule is CCOC(=O)C1=C(CN2CCN(C(=O)NC(C)(C)C)CC2)N(C)C(=O)N[C@H]1c1ccccc1. The Balaban J connectivity index is 1.82. The van der Waals surface area contributed by atoms with Gasteiger partial charge in [0.15, 0.2) is 0 Å². The summed E-state index contributed by atoms with van der Waals surface area (Å²) in [6, 6.07) is 8.50. The van der Waals surface area contributed by atoms with Gasteiger partial charge < -0.3 is 20.3 Å². The Hall–Kier alpha value is -3.07. The van der Waals surface area contributed by atoms with Crippen LogP contribution in [0.1, 0.15) is 39.3 Å². The molecule has 0 unspecified atom stereocenters. The van der Waals surface area contributed by atoms with Crippen molar-refractivity contribution in [3.63, 3.8) is 0 Å². The number of benzene rings is 1. The number of hydrogen-bond acceptors (Lipinski definition) is 5. The Bertz CT molecular complexity index is 901.